The summed E-state index contributed by atoms with van der Waals surface area (Å²) in [6, 6.07) is 13.8. The van der Waals surface area contributed by atoms with E-state index in [-0.39, 0.29) is 17.8 Å². The van der Waals surface area contributed by atoms with Crippen LogP contribution in [0.3, 0.4) is 0 Å². The predicted octanol–water partition coefficient (Wildman–Crippen LogP) is 4.37. The standard InChI is InChI=1S/C19H19ClFNO2/c20-16-5-1-3-14(11-16)18(13-6-8-17(21)9-7-13)22-10-2-4-15(12-22)19(23)24/h1,3,5-9,11,15,18H,2,4,10,12H2,(H,23,24). The molecule has 1 saturated heterocycles. The van der Waals surface area contributed by atoms with Crippen LogP contribution in [-0.4, -0.2) is 29.1 Å². The van der Waals surface area contributed by atoms with Crippen molar-refractivity contribution >= 4 is 17.6 Å². The summed E-state index contributed by atoms with van der Waals surface area (Å²) in [6.07, 6.45) is 1.52. The van der Waals surface area contributed by atoms with Crippen LogP contribution < -0.4 is 0 Å². The van der Waals surface area contributed by atoms with Gasteiger partial charge in [-0.1, -0.05) is 35.9 Å². The highest BCUT2D eigenvalue weighted by Gasteiger charge is 2.31. The molecule has 2 unspecified atom stereocenters. The molecule has 0 aromatic heterocycles. The fourth-order valence-corrected chi connectivity index (χ4v) is 3.58. The molecule has 1 fully saturated rings. The Morgan fingerprint density at radius 2 is 1.96 bits per heavy atom. The third-order valence-electron chi connectivity index (χ3n) is 4.52. The Hall–Kier alpha value is -1.91. The summed E-state index contributed by atoms with van der Waals surface area (Å²) in [7, 11) is 0. The van der Waals surface area contributed by atoms with Crippen LogP contribution in [0.4, 0.5) is 4.39 Å². The van der Waals surface area contributed by atoms with Gasteiger partial charge in [0.25, 0.3) is 0 Å². The van der Waals surface area contributed by atoms with Crippen LogP contribution in [-0.2, 0) is 4.79 Å². The summed E-state index contributed by atoms with van der Waals surface area (Å²) in [5.41, 5.74) is 1.92. The van der Waals surface area contributed by atoms with Crippen molar-refractivity contribution in [1.82, 2.24) is 4.90 Å². The lowest BCUT2D eigenvalue weighted by molar-refractivity contribution is -0.143. The fourth-order valence-electron chi connectivity index (χ4n) is 3.38. The van der Waals surface area contributed by atoms with Crippen LogP contribution >= 0.6 is 11.6 Å². The molecule has 3 nitrogen and oxygen atoms in total. The number of hydrogen-bond donors (Lipinski definition) is 1. The largest absolute Gasteiger partial charge is 0.481 e. The fraction of sp³-hybridized carbons (Fsp3) is 0.316. The molecular formula is C19H19ClFNO2. The normalized spacial score (nSPS) is 19.8. The molecule has 1 aliphatic rings. The summed E-state index contributed by atoms with van der Waals surface area (Å²) in [6.45, 7) is 1.28. The predicted molar refractivity (Wildman–Crippen MR) is 91.6 cm³/mol. The molecule has 0 aliphatic carbocycles. The molecule has 126 valence electrons. The number of likely N-dealkylation sites (tertiary alicyclic amines) is 1. The van der Waals surface area contributed by atoms with Crippen LogP contribution in [0.1, 0.15) is 30.0 Å². The lowest BCUT2D eigenvalue weighted by Crippen LogP contribution is -2.41. The third-order valence-corrected chi connectivity index (χ3v) is 4.75. The molecule has 2 atom stereocenters. The van der Waals surface area contributed by atoms with Crippen LogP contribution in [0, 0.1) is 11.7 Å². The minimum atomic E-state index is -0.761. The van der Waals surface area contributed by atoms with Gasteiger partial charge in [0.2, 0.25) is 0 Å². The maximum absolute atomic E-state index is 13.3. The molecule has 2 aromatic carbocycles. The zero-order valence-corrected chi connectivity index (χ0v) is 13.9. The number of nitrogens with zero attached hydrogens (tertiary/aromatic N) is 1. The number of benzene rings is 2. The van der Waals surface area contributed by atoms with Crippen molar-refractivity contribution in [2.24, 2.45) is 5.92 Å². The number of carboxylic acid groups (broad SMARTS) is 1. The number of halogens is 2. The van der Waals surface area contributed by atoms with Crippen LogP contribution in [0.2, 0.25) is 5.02 Å². The molecule has 1 heterocycles. The van der Waals surface area contributed by atoms with Gasteiger partial charge in [-0.3, -0.25) is 9.69 Å². The quantitative estimate of drug-likeness (QED) is 0.893. The highest BCUT2D eigenvalue weighted by molar-refractivity contribution is 6.30. The second kappa shape index (κ2) is 7.32. The number of carbonyl (C=O) groups is 1. The van der Waals surface area contributed by atoms with Crippen molar-refractivity contribution in [1.29, 1.82) is 0 Å². The summed E-state index contributed by atoms with van der Waals surface area (Å²) in [4.78, 5) is 13.6. The molecule has 0 spiro atoms. The van der Waals surface area contributed by atoms with Gasteiger partial charge in [-0.25, -0.2) is 4.39 Å². The van der Waals surface area contributed by atoms with Crippen molar-refractivity contribution < 1.29 is 14.3 Å². The average Bonchev–Trinajstić information content (AvgIpc) is 2.57. The van der Waals surface area contributed by atoms with E-state index in [0.29, 0.717) is 18.0 Å². The van der Waals surface area contributed by atoms with Crippen molar-refractivity contribution in [3.8, 4) is 0 Å². The Morgan fingerprint density at radius 3 is 2.62 bits per heavy atom. The number of hydrogen-bond acceptors (Lipinski definition) is 2. The summed E-state index contributed by atoms with van der Waals surface area (Å²) < 4.78 is 13.3. The van der Waals surface area contributed by atoms with E-state index >= 15 is 0 Å². The second-order valence-electron chi connectivity index (χ2n) is 6.18. The maximum atomic E-state index is 13.3. The molecule has 0 radical (unpaired) electrons. The van der Waals surface area contributed by atoms with Gasteiger partial charge in [0.1, 0.15) is 5.82 Å². The van der Waals surface area contributed by atoms with Crippen molar-refractivity contribution in [3.63, 3.8) is 0 Å². The number of carboxylic acids is 1. The van der Waals surface area contributed by atoms with Gasteiger partial charge in [0.15, 0.2) is 0 Å². The Labute approximate surface area is 145 Å². The minimum absolute atomic E-state index is 0.133. The zero-order chi connectivity index (χ0) is 17.1. The van der Waals surface area contributed by atoms with Gasteiger partial charge in [-0.15, -0.1) is 0 Å². The first kappa shape index (κ1) is 16.9. The molecule has 0 amide bonds. The topological polar surface area (TPSA) is 40.5 Å². The maximum Gasteiger partial charge on any atom is 0.307 e. The van der Waals surface area contributed by atoms with Crippen LogP contribution in [0.5, 0.6) is 0 Å². The van der Waals surface area contributed by atoms with Crippen molar-refractivity contribution in [3.05, 3.63) is 70.5 Å². The molecule has 0 bridgehead atoms. The summed E-state index contributed by atoms with van der Waals surface area (Å²) in [5, 5.41) is 9.99. The van der Waals surface area contributed by atoms with Crippen LogP contribution in [0.25, 0.3) is 0 Å². The van der Waals surface area contributed by atoms with Crippen molar-refractivity contribution in [2.45, 2.75) is 18.9 Å². The molecule has 5 heteroatoms. The van der Waals surface area contributed by atoms with Gasteiger partial charge in [-0.05, 0) is 54.8 Å². The number of rotatable bonds is 4. The van der Waals surface area contributed by atoms with E-state index in [1.807, 2.05) is 24.3 Å². The lowest BCUT2D eigenvalue weighted by Gasteiger charge is -2.37. The van der Waals surface area contributed by atoms with Gasteiger partial charge in [0, 0.05) is 11.6 Å². The zero-order valence-electron chi connectivity index (χ0n) is 13.2. The molecule has 1 N–H and O–H groups in total. The second-order valence-corrected chi connectivity index (χ2v) is 6.62. The number of piperidine rings is 1. The van der Waals surface area contributed by atoms with E-state index in [1.54, 1.807) is 12.1 Å². The highest BCUT2D eigenvalue weighted by atomic mass is 35.5. The Bertz CT molecular complexity index is 720. The van der Waals surface area contributed by atoms with Gasteiger partial charge >= 0.3 is 5.97 Å². The molecule has 1 aliphatic heterocycles. The van der Waals surface area contributed by atoms with E-state index in [2.05, 4.69) is 4.90 Å². The molecule has 24 heavy (non-hydrogen) atoms. The lowest BCUT2D eigenvalue weighted by atomic mass is 9.91. The SMILES string of the molecule is O=C(O)C1CCCN(C(c2ccc(F)cc2)c2cccc(Cl)c2)C1. The van der Waals surface area contributed by atoms with E-state index < -0.39 is 5.97 Å². The molecule has 3 rings (SSSR count). The number of aliphatic carboxylic acids is 1. The van der Waals surface area contributed by atoms with Crippen molar-refractivity contribution in [2.75, 3.05) is 13.1 Å². The Morgan fingerprint density at radius 1 is 1.21 bits per heavy atom. The van der Waals surface area contributed by atoms with E-state index in [1.165, 1.54) is 12.1 Å². The minimum Gasteiger partial charge on any atom is -0.481 e. The molecular weight excluding hydrogens is 329 g/mol. The molecule has 2 aromatic rings. The van der Waals surface area contributed by atoms with E-state index in [9.17, 15) is 14.3 Å². The highest BCUT2D eigenvalue weighted by Crippen LogP contribution is 2.33. The van der Waals surface area contributed by atoms with E-state index in [0.717, 1.165) is 24.1 Å². The Kier molecular flexibility index (Phi) is 5.17. The third kappa shape index (κ3) is 3.77. The van der Waals surface area contributed by atoms with Gasteiger partial charge in [-0.2, -0.15) is 0 Å². The summed E-state index contributed by atoms with van der Waals surface area (Å²) >= 11 is 6.15. The van der Waals surface area contributed by atoms with Crippen LogP contribution in [0.15, 0.2) is 48.5 Å². The monoisotopic (exact) mass is 347 g/mol. The van der Waals surface area contributed by atoms with Gasteiger partial charge < -0.3 is 5.11 Å². The summed E-state index contributed by atoms with van der Waals surface area (Å²) in [5.74, 6) is -1.42. The first-order valence-electron chi connectivity index (χ1n) is 8.02. The molecule has 0 saturated carbocycles. The van der Waals surface area contributed by atoms with E-state index in [4.69, 9.17) is 11.6 Å². The first-order valence-corrected chi connectivity index (χ1v) is 8.40. The smallest absolute Gasteiger partial charge is 0.307 e. The first-order chi connectivity index (χ1) is 11.5. The Balaban J connectivity index is 1.98. The van der Waals surface area contributed by atoms with Gasteiger partial charge in [0.05, 0.1) is 12.0 Å². The average molecular weight is 348 g/mol.